The molecule has 5 heteroatoms. The van der Waals surface area contributed by atoms with E-state index in [1.807, 2.05) is 26.0 Å². The molecule has 1 fully saturated rings. The molecule has 5 nitrogen and oxygen atoms in total. The van der Waals surface area contributed by atoms with Crippen LogP contribution in [0.5, 0.6) is 0 Å². The zero-order valence-electron chi connectivity index (χ0n) is 10.9. The molecule has 1 aromatic carbocycles. The van der Waals surface area contributed by atoms with Gasteiger partial charge in [0.25, 0.3) is 5.91 Å². The van der Waals surface area contributed by atoms with Gasteiger partial charge in [0.05, 0.1) is 6.04 Å². The van der Waals surface area contributed by atoms with Crippen LogP contribution in [0, 0.1) is 13.8 Å². The van der Waals surface area contributed by atoms with Gasteiger partial charge in [-0.2, -0.15) is 0 Å². The van der Waals surface area contributed by atoms with E-state index in [1.54, 1.807) is 0 Å². The molecule has 0 spiro atoms. The molecule has 100 valence electrons. The molecule has 2 atom stereocenters. The van der Waals surface area contributed by atoms with Crippen LogP contribution in [0.2, 0.25) is 0 Å². The predicted molar refractivity (Wildman–Crippen MR) is 69.5 cm³/mol. The molecule has 0 saturated carbocycles. The minimum absolute atomic E-state index is 0.0717. The van der Waals surface area contributed by atoms with Crippen molar-refractivity contribution in [2.45, 2.75) is 25.8 Å². The van der Waals surface area contributed by atoms with E-state index < -0.39 is 6.09 Å². The average Bonchev–Trinajstić information content (AvgIpc) is 2.71. The highest BCUT2D eigenvalue weighted by Crippen LogP contribution is 2.35. The first-order valence-corrected chi connectivity index (χ1v) is 6.37. The maximum atomic E-state index is 12.2. The van der Waals surface area contributed by atoms with Crippen LogP contribution < -0.4 is 5.32 Å². The molecule has 0 bridgehead atoms. The van der Waals surface area contributed by atoms with Crippen LogP contribution in [0.4, 0.5) is 4.79 Å². The van der Waals surface area contributed by atoms with Gasteiger partial charge in [0, 0.05) is 24.6 Å². The molecule has 2 N–H and O–H groups in total. The first kappa shape index (κ1) is 12.0. The summed E-state index contributed by atoms with van der Waals surface area (Å²) in [7, 11) is 0. The van der Waals surface area contributed by atoms with Crippen LogP contribution in [0.1, 0.15) is 33.0 Å². The second-order valence-electron chi connectivity index (χ2n) is 5.42. The van der Waals surface area contributed by atoms with Crippen molar-refractivity contribution < 1.29 is 14.7 Å². The molecule has 0 radical (unpaired) electrons. The molecule has 19 heavy (non-hydrogen) atoms. The van der Waals surface area contributed by atoms with Crippen molar-refractivity contribution in [3.63, 3.8) is 0 Å². The van der Waals surface area contributed by atoms with Crippen molar-refractivity contribution in [3.05, 3.63) is 34.4 Å². The van der Waals surface area contributed by atoms with Crippen LogP contribution in [0.3, 0.4) is 0 Å². The Morgan fingerprint density at radius 1 is 1.37 bits per heavy atom. The topological polar surface area (TPSA) is 69.6 Å². The summed E-state index contributed by atoms with van der Waals surface area (Å²) in [5.41, 5.74) is 3.78. The Hall–Kier alpha value is -2.04. The maximum Gasteiger partial charge on any atom is 0.407 e. The summed E-state index contributed by atoms with van der Waals surface area (Å²) in [5.74, 6) is -0.0108. The highest BCUT2D eigenvalue weighted by Gasteiger charge is 2.42. The lowest BCUT2D eigenvalue weighted by Crippen LogP contribution is -2.44. The Morgan fingerprint density at radius 2 is 2.11 bits per heavy atom. The Balaban J connectivity index is 2.08. The van der Waals surface area contributed by atoms with E-state index in [0.717, 1.165) is 22.3 Å². The molecule has 2 unspecified atom stereocenters. The van der Waals surface area contributed by atoms with Gasteiger partial charge in [-0.15, -0.1) is 0 Å². The molecule has 2 heterocycles. The summed E-state index contributed by atoms with van der Waals surface area (Å²) < 4.78 is 0. The second kappa shape index (κ2) is 3.98. The van der Waals surface area contributed by atoms with Gasteiger partial charge in [-0.05, 0) is 25.0 Å². The number of hydrogen-bond acceptors (Lipinski definition) is 2. The number of rotatable bonds is 0. The number of carbonyl (C=O) groups is 2. The van der Waals surface area contributed by atoms with Gasteiger partial charge in [0.1, 0.15) is 0 Å². The largest absolute Gasteiger partial charge is 0.465 e. The van der Waals surface area contributed by atoms with Gasteiger partial charge < -0.3 is 15.3 Å². The first-order chi connectivity index (χ1) is 8.97. The van der Waals surface area contributed by atoms with Gasteiger partial charge in [-0.25, -0.2) is 4.79 Å². The normalized spacial score (nSPS) is 24.7. The van der Waals surface area contributed by atoms with E-state index in [0.29, 0.717) is 13.1 Å². The second-order valence-corrected chi connectivity index (χ2v) is 5.42. The molecule has 3 rings (SSSR count). The third-order valence-electron chi connectivity index (χ3n) is 4.04. The van der Waals surface area contributed by atoms with E-state index in [-0.39, 0.29) is 17.9 Å². The van der Waals surface area contributed by atoms with Crippen molar-refractivity contribution in [1.29, 1.82) is 0 Å². The third kappa shape index (κ3) is 1.77. The Morgan fingerprint density at radius 3 is 2.79 bits per heavy atom. The number of nitrogens with one attached hydrogen (secondary N) is 1. The van der Waals surface area contributed by atoms with Crippen molar-refractivity contribution in [2.75, 3.05) is 13.1 Å². The van der Waals surface area contributed by atoms with Crippen molar-refractivity contribution >= 4 is 12.0 Å². The fourth-order valence-corrected chi connectivity index (χ4v) is 3.27. The summed E-state index contributed by atoms with van der Waals surface area (Å²) in [6.45, 7) is 4.75. The van der Waals surface area contributed by atoms with Crippen molar-refractivity contribution in [1.82, 2.24) is 10.2 Å². The lowest BCUT2D eigenvalue weighted by atomic mass is 9.83. The van der Waals surface area contributed by atoms with Gasteiger partial charge in [-0.1, -0.05) is 17.7 Å². The number of carbonyl (C=O) groups excluding carboxylic acids is 1. The summed E-state index contributed by atoms with van der Waals surface area (Å²) in [4.78, 5) is 24.6. The van der Waals surface area contributed by atoms with Crippen LogP contribution in [0.25, 0.3) is 0 Å². The minimum Gasteiger partial charge on any atom is -0.465 e. The summed E-state index contributed by atoms with van der Waals surface area (Å²) in [6.07, 6.45) is -0.922. The van der Waals surface area contributed by atoms with Crippen molar-refractivity contribution in [2.24, 2.45) is 0 Å². The SMILES string of the molecule is Cc1cc(C)c2c(c1)C1CN(C(=O)O)CC1NC2=O. The number of hydrogen-bond donors (Lipinski definition) is 2. The van der Waals surface area contributed by atoms with E-state index in [4.69, 9.17) is 5.11 Å². The van der Waals surface area contributed by atoms with Crippen molar-refractivity contribution in [3.8, 4) is 0 Å². The fourth-order valence-electron chi connectivity index (χ4n) is 3.27. The number of fused-ring (bicyclic) bond motifs is 3. The molecule has 1 saturated heterocycles. The van der Waals surface area contributed by atoms with E-state index >= 15 is 0 Å². The monoisotopic (exact) mass is 260 g/mol. The van der Waals surface area contributed by atoms with Gasteiger partial charge in [0.2, 0.25) is 0 Å². The van der Waals surface area contributed by atoms with Gasteiger partial charge >= 0.3 is 6.09 Å². The Labute approximate surface area is 111 Å². The molecule has 1 aromatic rings. The molecule has 0 aromatic heterocycles. The lowest BCUT2D eigenvalue weighted by Gasteiger charge is -2.29. The summed E-state index contributed by atoms with van der Waals surface area (Å²) >= 11 is 0. The zero-order chi connectivity index (χ0) is 13.7. The molecule has 0 aliphatic carbocycles. The Kier molecular flexibility index (Phi) is 2.52. The van der Waals surface area contributed by atoms with Gasteiger partial charge in [0.15, 0.2) is 0 Å². The minimum atomic E-state index is -0.922. The summed E-state index contributed by atoms with van der Waals surface area (Å²) in [5, 5.41) is 12.0. The molecular formula is C14H16N2O3. The Bertz CT molecular complexity index is 582. The zero-order valence-corrected chi connectivity index (χ0v) is 10.9. The van der Waals surface area contributed by atoms with Crippen LogP contribution in [-0.4, -0.2) is 41.1 Å². The highest BCUT2D eigenvalue weighted by atomic mass is 16.4. The maximum absolute atomic E-state index is 12.2. The number of nitrogens with zero attached hydrogens (tertiary/aromatic N) is 1. The van der Waals surface area contributed by atoms with Crippen LogP contribution in [0.15, 0.2) is 12.1 Å². The summed E-state index contributed by atoms with van der Waals surface area (Å²) in [6, 6.07) is 3.91. The first-order valence-electron chi connectivity index (χ1n) is 6.37. The van der Waals surface area contributed by atoms with Crippen LogP contribution >= 0.6 is 0 Å². The lowest BCUT2D eigenvalue weighted by molar-refractivity contribution is 0.0921. The number of benzene rings is 1. The number of likely N-dealkylation sites (tertiary alicyclic amines) is 1. The molecule has 2 amide bonds. The quantitative estimate of drug-likeness (QED) is 0.742. The average molecular weight is 260 g/mol. The molecule has 2 aliphatic heterocycles. The number of carboxylic acid groups (broad SMARTS) is 1. The highest BCUT2D eigenvalue weighted by molar-refractivity contribution is 5.99. The van der Waals surface area contributed by atoms with Gasteiger partial charge in [-0.3, -0.25) is 4.79 Å². The van der Waals surface area contributed by atoms with Crippen LogP contribution in [-0.2, 0) is 0 Å². The standard InChI is InChI=1S/C14H16N2O3/c1-7-3-8(2)12-9(4-7)10-5-16(14(18)19)6-11(10)15-13(12)17/h3-4,10-11H,5-6H2,1-2H3,(H,15,17)(H,18,19). The predicted octanol–water partition coefficient (Wildman–Crippen LogP) is 1.49. The number of amides is 2. The van der Waals surface area contributed by atoms with E-state index in [9.17, 15) is 9.59 Å². The third-order valence-corrected chi connectivity index (χ3v) is 4.04. The van der Waals surface area contributed by atoms with E-state index in [1.165, 1.54) is 4.90 Å². The fraction of sp³-hybridized carbons (Fsp3) is 0.429. The molecule has 2 aliphatic rings. The number of aryl methyl sites for hydroxylation is 2. The smallest absolute Gasteiger partial charge is 0.407 e. The van der Waals surface area contributed by atoms with E-state index in [2.05, 4.69) is 5.32 Å². The molecular weight excluding hydrogens is 244 g/mol.